The van der Waals surface area contributed by atoms with E-state index in [1.165, 1.54) is 11.3 Å². The molecule has 0 fully saturated rings. The first-order valence-electron chi connectivity index (χ1n) is 8.79. The van der Waals surface area contributed by atoms with E-state index in [1.54, 1.807) is 12.3 Å². The molecule has 6 nitrogen and oxygen atoms in total. The molecule has 2 aromatic heterocycles. The zero-order valence-corrected chi connectivity index (χ0v) is 16.3. The van der Waals surface area contributed by atoms with Gasteiger partial charge in [0.15, 0.2) is 5.13 Å². The van der Waals surface area contributed by atoms with Crippen LogP contribution in [0.1, 0.15) is 48.4 Å². The number of fused-ring (bicyclic) bond motifs is 1. The Morgan fingerprint density at radius 1 is 1.22 bits per heavy atom. The fourth-order valence-electron chi connectivity index (χ4n) is 2.65. The van der Waals surface area contributed by atoms with Crippen molar-refractivity contribution in [3.63, 3.8) is 0 Å². The Morgan fingerprint density at radius 3 is 2.74 bits per heavy atom. The zero-order chi connectivity index (χ0) is 19.4. The molecule has 140 valence electrons. The first kappa shape index (κ1) is 19.0. The van der Waals surface area contributed by atoms with E-state index < -0.39 is 0 Å². The molecule has 1 aromatic carbocycles. The van der Waals surface area contributed by atoms with Crippen LogP contribution >= 0.6 is 11.3 Å². The molecule has 0 saturated carbocycles. The number of anilines is 1. The first-order chi connectivity index (χ1) is 13.0. The summed E-state index contributed by atoms with van der Waals surface area (Å²) in [5.41, 5.74) is 2.79. The van der Waals surface area contributed by atoms with Gasteiger partial charge in [0.25, 0.3) is 5.91 Å². The Kier molecular flexibility index (Phi) is 5.81. The number of thiazole rings is 1. The summed E-state index contributed by atoms with van der Waals surface area (Å²) in [6, 6.07) is 9.41. The fraction of sp³-hybridized carbons (Fsp3) is 0.300. The third kappa shape index (κ3) is 4.49. The van der Waals surface area contributed by atoms with Crippen molar-refractivity contribution in [2.75, 3.05) is 11.9 Å². The van der Waals surface area contributed by atoms with E-state index in [0.29, 0.717) is 23.0 Å². The monoisotopic (exact) mass is 383 g/mol. The lowest BCUT2D eigenvalue weighted by Crippen LogP contribution is -2.14. The maximum Gasteiger partial charge on any atom is 0.311 e. The van der Waals surface area contributed by atoms with Crippen molar-refractivity contribution in [1.82, 2.24) is 9.97 Å². The summed E-state index contributed by atoms with van der Waals surface area (Å²) in [6.07, 6.45) is 0.0932. The molecule has 1 amide bonds. The van der Waals surface area contributed by atoms with Crippen LogP contribution in [0.5, 0.6) is 0 Å². The van der Waals surface area contributed by atoms with Gasteiger partial charge in [-0.3, -0.25) is 19.9 Å². The number of esters is 1. The minimum Gasteiger partial charge on any atom is -0.466 e. The predicted molar refractivity (Wildman–Crippen MR) is 106 cm³/mol. The molecular weight excluding hydrogens is 362 g/mol. The lowest BCUT2D eigenvalue weighted by Gasteiger charge is -2.11. The summed E-state index contributed by atoms with van der Waals surface area (Å²) in [5.74, 6) is -0.368. The Balaban J connectivity index is 1.84. The third-order valence-electron chi connectivity index (χ3n) is 3.98. The lowest BCUT2D eigenvalue weighted by atomic mass is 10.0. The summed E-state index contributed by atoms with van der Waals surface area (Å²) in [4.78, 5) is 33.4. The number of benzene rings is 1. The smallest absolute Gasteiger partial charge is 0.311 e. The van der Waals surface area contributed by atoms with Crippen molar-refractivity contribution in [2.45, 2.75) is 33.1 Å². The number of ether oxygens (including phenoxy) is 1. The molecule has 0 aliphatic heterocycles. The number of aromatic nitrogens is 2. The molecular formula is C20H21N3O3S. The van der Waals surface area contributed by atoms with Crippen LogP contribution in [0, 0.1) is 0 Å². The highest BCUT2D eigenvalue weighted by Crippen LogP contribution is 2.24. The summed E-state index contributed by atoms with van der Waals surface area (Å²) in [6.45, 7) is 6.18. The van der Waals surface area contributed by atoms with Gasteiger partial charge in [-0.1, -0.05) is 32.0 Å². The van der Waals surface area contributed by atoms with Gasteiger partial charge < -0.3 is 4.74 Å². The molecule has 1 N–H and O–H groups in total. The average molecular weight is 383 g/mol. The molecule has 0 spiro atoms. The molecule has 2 heterocycles. The molecule has 0 bridgehead atoms. The SMILES string of the molecule is CCOC(=O)Cc1csc(NC(=O)c2cc(C(C)C)nc3ccccc23)n1. The zero-order valence-electron chi connectivity index (χ0n) is 15.5. The van der Waals surface area contributed by atoms with E-state index in [0.717, 1.165) is 16.6 Å². The van der Waals surface area contributed by atoms with E-state index in [1.807, 2.05) is 44.2 Å². The number of hydrogen-bond acceptors (Lipinski definition) is 6. The first-order valence-corrected chi connectivity index (χ1v) is 9.67. The largest absolute Gasteiger partial charge is 0.466 e. The van der Waals surface area contributed by atoms with Crippen molar-refractivity contribution in [3.8, 4) is 0 Å². The normalized spacial score (nSPS) is 11.0. The summed E-state index contributed by atoms with van der Waals surface area (Å²) in [7, 11) is 0. The van der Waals surface area contributed by atoms with Crippen LogP contribution < -0.4 is 5.32 Å². The van der Waals surface area contributed by atoms with Gasteiger partial charge in [-0.05, 0) is 25.0 Å². The quantitative estimate of drug-likeness (QED) is 0.646. The van der Waals surface area contributed by atoms with Gasteiger partial charge in [0.1, 0.15) is 0 Å². The number of nitrogens with zero attached hydrogens (tertiary/aromatic N) is 2. The van der Waals surface area contributed by atoms with E-state index in [2.05, 4.69) is 15.3 Å². The van der Waals surface area contributed by atoms with E-state index in [4.69, 9.17) is 4.74 Å². The van der Waals surface area contributed by atoms with Gasteiger partial charge in [0.05, 0.1) is 29.8 Å². The highest BCUT2D eigenvalue weighted by molar-refractivity contribution is 7.14. The molecule has 0 aliphatic carbocycles. The predicted octanol–water partition coefficient (Wildman–Crippen LogP) is 4.17. The Labute approximate surface area is 161 Å². The van der Waals surface area contributed by atoms with Crippen LogP contribution in [-0.4, -0.2) is 28.5 Å². The van der Waals surface area contributed by atoms with Crippen LogP contribution in [0.3, 0.4) is 0 Å². The van der Waals surface area contributed by atoms with Gasteiger partial charge in [-0.2, -0.15) is 0 Å². The van der Waals surface area contributed by atoms with Crippen LogP contribution in [0.4, 0.5) is 5.13 Å². The average Bonchev–Trinajstić information content (AvgIpc) is 3.07. The number of pyridine rings is 1. The molecule has 3 rings (SSSR count). The van der Waals surface area contributed by atoms with Crippen molar-refractivity contribution >= 4 is 39.2 Å². The molecule has 27 heavy (non-hydrogen) atoms. The number of amides is 1. The second kappa shape index (κ2) is 8.26. The van der Waals surface area contributed by atoms with Gasteiger partial charge in [0.2, 0.25) is 0 Å². The topological polar surface area (TPSA) is 81.2 Å². The minimum absolute atomic E-state index is 0.0932. The molecule has 0 unspecified atom stereocenters. The van der Waals surface area contributed by atoms with Gasteiger partial charge in [-0.25, -0.2) is 4.98 Å². The molecule has 7 heteroatoms. The highest BCUT2D eigenvalue weighted by Gasteiger charge is 2.16. The Bertz CT molecular complexity index is 982. The standard InChI is InChI=1S/C20H21N3O3S/c1-4-26-18(24)9-13-11-27-20(21-13)23-19(25)15-10-17(12(2)3)22-16-8-6-5-7-14(15)16/h5-8,10-12H,4,9H2,1-3H3,(H,21,23,25). The second-order valence-electron chi connectivity index (χ2n) is 6.35. The summed E-state index contributed by atoms with van der Waals surface area (Å²) in [5, 5.41) is 5.82. The highest BCUT2D eigenvalue weighted by atomic mass is 32.1. The van der Waals surface area contributed by atoms with Crippen molar-refractivity contribution in [3.05, 3.63) is 52.7 Å². The van der Waals surface area contributed by atoms with E-state index >= 15 is 0 Å². The molecule has 3 aromatic rings. The number of carbonyl (C=O) groups excluding carboxylic acids is 2. The number of nitrogens with one attached hydrogen (secondary N) is 1. The molecule has 0 radical (unpaired) electrons. The maximum atomic E-state index is 12.9. The lowest BCUT2D eigenvalue weighted by molar-refractivity contribution is -0.142. The van der Waals surface area contributed by atoms with Crippen LogP contribution in [0.25, 0.3) is 10.9 Å². The third-order valence-corrected chi connectivity index (χ3v) is 4.78. The molecule has 0 saturated heterocycles. The van der Waals surface area contributed by atoms with Crippen LogP contribution in [0.2, 0.25) is 0 Å². The molecule has 0 atom stereocenters. The van der Waals surface area contributed by atoms with Crippen LogP contribution in [-0.2, 0) is 16.0 Å². The summed E-state index contributed by atoms with van der Waals surface area (Å²) >= 11 is 1.28. The van der Waals surface area contributed by atoms with E-state index in [-0.39, 0.29) is 24.2 Å². The Morgan fingerprint density at radius 2 is 2.00 bits per heavy atom. The number of hydrogen-bond donors (Lipinski definition) is 1. The van der Waals surface area contributed by atoms with Crippen molar-refractivity contribution in [1.29, 1.82) is 0 Å². The van der Waals surface area contributed by atoms with Gasteiger partial charge in [-0.15, -0.1) is 11.3 Å². The maximum absolute atomic E-state index is 12.9. The van der Waals surface area contributed by atoms with Gasteiger partial charge >= 0.3 is 5.97 Å². The Hall–Kier alpha value is -2.80. The van der Waals surface area contributed by atoms with Crippen LogP contribution in [0.15, 0.2) is 35.7 Å². The van der Waals surface area contributed by atoms with Crippen molar-refractivity contribution in [2.24, 2.45) is 0 Å². The number of para-hydroxylation sites is 1. The fourth-order valence-corrected chi connectivity index (χ4v) is 3.35. The minimum atomic E-state index is -0.331. The molecule has 0 aliphatic rings. The summed E-state index contributed by atoms with van der Waals surface area (Å²) < 4.78 is 4.92. The number of carbonyl (C=O) groups is 2. The second-order valence-corrected chi connectivity index (χ2v) is 7.20. The van der Waals surface area contributed by atoms with E-state index in [9.17, 15) is 9.59 Å². The van der Waals surface area contributed by atoms with Gasteiger partial charge in [0, 0.05) is 16.5 Å². The number of rotatable bonds is 6. The van der Waals surface area contributed by atoms with Crippen molar-refractivity contribution < 1.29 is 14.3 Å².